The smallest absolute Gasteiger partial charge is 0.268 e. The Morgan fingerprint density at radius 2 is 1.81 bits per heavy atom. The Hall–Kier alpha value is -3.11. The van der Waals surface area contributed by atoms with Crippen molar-refractivity contribution in [3.63, 3.8) is 0 Å². The van der Waals surface area contributed by atoms with Gasteiger partial charge in [0.2, 0.25) is 5.90 Å². The summed E-state index contributed by atoms with van der Waals surface area (Å²) in [5.74, 6) is -3.30. The van der Waals surface area contributed by atoms with Crippen LogP contribution >= 0.6 is 0 Å². The number of methoxy groups -OCH3 is 1. The number of amides is 1. The lowest BCUT2D eigenvalue weighted by atomic mass is 10.2. The van der Waals surface area contributed by atoms with Crippen molar-refractivity contribution in [3.8, 4) is 0 Å². The number of carbonyl (C=O) groups is 1. The molecule has 2 rings (SSSR count). The van der Waals surface area contributed by atoms with Gasteiger partial charge in [0.1, 0.15) is 22.9 Å². The van der Waals surface area contributed by atoms with Gasteiger partial charge in [-0.05, 0) is 47.5 Å². The number of carbonyl (C=O) groups excluding carboxylic acids is 1. The van der Waals surface area contributed by atoms with Crippen molar-refractivity contribution in [1.29, 1.82) is 0 Å². The van der Waals surface area contributed by atoms with Crippen LogP contribution in [0.4, 0.5) is 14.5 Å². The highest BCUT2D eigenvalue weighted by molar-refractivity contribution is 7.79. The quantitative estimate of drug-likeness (QED) is 0.337. The van der Waals surface area contributed by atoms with E-state index in [1.165, 1.54) is 30.3 Å². The van der Waals surface area contributed by atoms with E-state index in [1.807, 2.05) is 0 Å². The summed E-state index contributed by atoms with van der Waals surface area (Å²) in [6.07, 6.45) is 1.10. The molecule has 0 bridgehead atoms. The number of nitrogens with zero attached hydrogens (tertiary/aromatic N) is 1. The van der Waals surface area contributed by atoms with Crippen LogP contribution in [-0.4, -0.2) is 27.7 Å². The first-order valence-corrected chi connectivity index (χ1v) is 8.44. The highest BCUT2D eigenvalue weighted by Crippen LogP contribution is 2.16. The highest BCUT2D eigenvalue weighted by atomic mass is 32.2. The zero-order chi connectivity index (χ0) is 20.0. The van der Waals surface area contributed by atoms with Crippen LogP contribution in [0.2, 0.25) is 0 Å². The van der Waals surface area contributed by atoms with E-state index in [0.29, 0.717) is 5.69 Å². The SMILES string of the molecule is COC(=N/C(=C/Nc1ccc(S(=O)[O-])cc1)C(N)=O)c1c(F)cccc1F. The molecule has 3 N–H and O–H groups in total. The third-order valence-electron chi connectivity index (χ3n) is 3.27. The summed E-state index contributed by atoms with van der Waals surface area (Å²) in [5.41, 5.74) is 4.75. The number of nitrogens with one attached hydrogen (secondary N) is 1. The minimum absolute atomic E-state index is 0.0781. The summed E-state index contributed by atoms with van der Waals surface area (Å²) in [7, 11) is 1.14. The molecule has 0 aromatic heterocycles. The average Bonchev–Trinajstić information content (AvgIpc) is 2.63. The molecule has 2 aromatic rings. The molecule has 27 heavy (non-hydrogen) atoms. The van der Waals surface area contributed by atoms with Gasteiger partial charge in [-0.2, -0.15) is 0 Å². The average molecular weight is 394 g/mol. The van der Waals surface area contributed by atoms with Crippen LogP contribution in [0.1, 0.15) is 5.56 Å². The van der Waals surface area contributed by atoms with Crippen molar-refractivity contribution in [2.24, 2.45) is 10.7 Å². The van der Waals surface area contributed by atoms with Crippen molar-refractivity contribution in [2.45, 2.75) is 4.90 Å². The molecule has 0 radical (unpaired) electrons. The number of ether oxygens (including phenoxy) is 1. The standard InChI is InChI=1S/C17H15F2N3O4S/c1-26-17(15-12(18)3-2-4-13(15)19)22-14(16(20)23)9-21-10-5-7-11(8-6-10)27(24)25/h2-9,21H,1H3,(H2,20,23)(H,24,25)/p-1/b14-9+,22-17?. The van der Waals surface area contributed by atoms with Crippen LogP contribution in [-0.2, 0) is 20.6 Å². The van der Waals surface area contributed by atoms with Gasteiger partial charge in [0, 0.05) is 16.8 Å². The zero-order valence-electron chi connectivity index (χ0n) is 13.9. The van der Waals surface area contributed by atoms with Crippen LogP contribution in [0.3, 0.4) is 0 Å². The topological polar surface area (TPSA) is 117 Å². The zero-order valence-corrected chi connectivity index (χ0v) is 14.8. The van der Waals surface area contributed by atoms with Gasteiger partial charge in [-0.25, -0.2) is 13.8 Å². The lowest BCUT2D eigenvalue weighted by Crippen LogP contribution is -2.17. The molecular formula is C17H14F2N3O4S-. The third kappa shape index (κ3) is 5.19. The number of halogens is 2. The maximum Gasteiger partial charge on any atom is 0.268 e. The number of rotatable bonds is 6. The molecule has 0 aliphatic rings. The Balaban J connectivity index is 2.35. The first-order valence-electron chi connectivity index (χ1n) is 7.36. The monoisotopic (exact) mass is 394 g/mol. The molecule has 10 heteroatoms. The molecule has 0 aliphatic carbocycles. The van der Waals surface area contributed by atoms with Crippen molar-refractivity contribution >= 4 is 28.6 Å². The van der Waals surface area contributed by atoms with Gasteiger partial charge in [0.15, 0.2) is 0 Å². The molecule has 0 saturated carbocycles. The number of anilines is 1. The summed E-state index contributed by atoms with van der Waals surface area (Å²) >= 11 is -2.37. The minimum Gasteiger partial charge on any atom is -0.768 e. The second-order valence-corrected chi connectivity index (χ2v) is 5.96. The van der Waals surface area contributed by atoms with E-state index in [4.69, 9.17) is 10.5 Å². The maximum atomic E-state index is 13.9. The molecule has 142 valence electrons. The number of primary amides is 1. The summed E-state index contributed by atoms with van der Waals surface area (Å²) in [6, 6.07) is 8.76. The Kier molecular flexibility index (Phi) is 6.74. The Bertz CT molecular complexity index is 910. The summed E-state index contributed by atoms with van der Waals surface area (Å²) in [6.45, 7) is 0. The molecule has 1 amide bonds. The highest BCUT2D eigenvalue weighted by Gasteiger charge is 2.17. The minimum atomic E-state index is -2.37. The molecule has 1 unspecified atom stereocenters. The third-order valence-corrected chi connectivity index (χ3v) is 3.92. The second kappa shape index (κ2) is 9.01. The van der Waals surface area contributed by atoms with Gasteiger partial charge in [-0.3, -0.25) is 9.00 Å². The normalized spacial score (nSPS) is 13.2. The predicted octanol–water partition coefficient (Wildman–Crippen LogP) is 2.03. The molecule has 0 fully saturated rings. The number of benzene rings is 2. The Labute approximate surface area is 155 Å². The van der Waals surface area contributed by atoms with E-state index in [-0.39, 0.29) is 10.6 Å². The lowest BCUT2D eigenvalue weighted by Gasteiger charge is -2.09. The molecule has 2 aromatic carbocycles. The first kappa shape index (κ1) is 20.2. The van der Waals surface area contributed by atoms with Gasteiger partial charge in [-0.1, -0.05) is 6.07 Å². The molecule has 7 nitrogen and oxygen atoms in total. The molecule has 0 saturated heterocycles. The Morgan fingerprint density at radius 1 is 1.22 bits per heavy atom. The second-order valence-electron chi connectivity index (χ2n) is 5.01. The molecule has 1 atom stereocenters. The predicted molar refractivity (Wildman–Crippen MR) is 94.4 cm³/mol. The largest absolute Gasteiger partial charge is 0.768 e. The maximum absolute atomic E-state index is 13.9. The van der Waals surface area contributed by atoms with E-state index >= 15 is 0 Å². The Morgan fingerprint density at radius 3 is 2.30 bits per heavy atom. The van der Waals surface area contributed by atoms with Gasteiger partial charge in [-0.15, -0.1) is 0 Å². The number of nitrogens with two attached hydrogens (primary N) is 1. The van der Waals surface area contributed by atoms with E-state index in [2.05, 4.69) is 10.3 Å². The van der Waals surface area contributed by atoms with Gasteiger partial charge in [0.25, 0.3) is 5.91 Å². The van der Waals surface area contributed by atoms with Gasteiger partial charge < -0.3 is 20.3 Å². The summed E-state index contributed by atoms with van der Waals surface area (Å²) < 4.78 is 54.3. The summed E-state index contributed by atoms with van der Waals surface area (Å²) in [4.78, 5) is 15.5. The van der Waals surface area contributed by atoms with Gasteiger partial charge >= 0.3 is 0 Å². The van der Waals surface area contributed by atoms with Crippen molar-refractivity contribution in [1.82, 2.24) is 0 Å². The number of aliphatic imine (C=N–C) groups is 1. The molecule has 0 heterocycles. The van der Waals surface area contributed by atoms with E-state index in [0.717, 1.165) is 25.4 Å². The fourth-order valence-electron chi connectivity index (χ4n) is 1.99. The number of hydrogen-bond acceptors (Lipinski definition) is 6. The summed E-state index contributed by atoms with van der Waals surface area (Å²) in [5, 5.41) is 2.69. The van der Waals surface area contributed by atoms with E-state index in [1.54, 1.807) is 0 Å². The molecular weight excluding hydrogens is 380 g/mol. The van der Waals surface area contributed by atoms with Crippen LogP contribution < -0.4 is 11.1 Å². The molecule has 0 aliphatic heterocycles. The van der Waals surface area contributed by atoms with Crippen LogP contribution in [0.25, 0.3) is 0 Å². The van der Waals surface area contributed by atoms with Crippen molar-refractivity contribution in [2.75, 3.05) is 12.4 Å². The lowest BCUT2D eigenvalue weighted by molar-refractivity contribution is -0.114. The van der Waals surface area contributed by atoms with Gasteiger partial charge in [0.05, 0.1) is 7.11 Å². The fraction of sp³-hybridized carbons (Fsp3) is 0.0588. The van der Waals surface area contributed by atoms with Crippen molar-refractivity contribution < 1.29 is 27.1 Å². The van der Waals surface area contributed by atoms with Crippen molar-refractivity contribution in [3.05, 3.63) is 71.6 Å². The van der Waals surface area contributed by atoms with Crippen LogP contribution in [0.5, 0.6) is 0 Å². The fourth-order valence-corrected chi connectivity index (χ4v) is 2.35. The molecule has 0 spiro atoms. The van der Waals surface area contributed by atoms with E-state index in [9.17, 15) is 22.3 Å². The van der Waals surface area contributed by atoms with Crippen LogP contribution in [0, 0.1) is 11.6 Å². The van der Waals surface area contributed by atoms with E-state index < -0.39 is 40.1 Å². The first-order chi connectivity index (χ1) is 12.8. The number of hydrogen-bond donors (Lipinski definition) is 2. The van der Waals surface area contributed by atoms with Crippen LogP contribution in [0.15, 0.2) is 64.2 Å².